The molecule has 1 saturated heterocycles. The van der Waals surface area contributed by atoms with Crippen molar-refractivity contribution in [3.8, 4) is 11.1 Å². The Labute approximate surface area is 243 Å². The van der Waals surface area contributed by atoms with Crippen molar-refractivity contribution < 1.29 is 9.59 Å². The molecule has 2 fully saturated rings. The van der Waals surface area contributed by atoms with Crippen LogP contribution in [-0.2, 0) is 17.9 Å². The zero-order chi connectivity index (χ0) is 28.8. The maximum atomic E-state index is 12.6. The van der Waals surface area contributed by atoms with Gasteiger partial charge in [-0.25, -0.2) is 0 Å². The van der Waals surface area contributed by atoms with Crippen molar-refractivity contribution in [1.82, 2.24) is 35.2 Å². The Bertz CT molecular complexity index is 1660. The quantitative estimate of drug-likeness (QED) is 0.295. The van der Waals surface area contributed by atoms with E-state index in [1.165, 1.54) is 5.69 Å². The Morgan fingerprint density at radius 1 is 1.02 bits per heavy atom. The molecular formula is C30H32N10O2. The third-order valence-corrected chi connectivity index (χ3v) is 8.09. The highest BCUT2D eigenvalue weighted by Crippen LogP contribution is 2.45. The molecule has 12 nitrogen and oxygen atoms in total. The number of fused-ring (bicyclic) bond motifs is 3. The first-order chi connectivity index (χ1) is 20.5. The second kappa shape index (κ2) is 10.5. The molecule has 7 rings (SSSR count). The second-order valence-corrected chi connectivity index (χ2v) is 11.1. The minimum absolute atomic E-state index is 0.0237. The lowest BCUT2D eigenvalue weighted by molar-refractivity contribution is -0.117. The Morgan fingerprint density at radius 2 is 1.88 bits per heavy atom. The fourth-order valence-electron chi connectivity index (χ4n) is 5.76. The highest BCUT2D eigenvalue weighted by atomic mass is 16.2. The molecule has 0 spiro atoms. The summed E-state index contributed by atoms with van der Waals surface area (Å²) in [7, 11) is 3.61. The number of rotatable bonds is 8. The normalized spacial score (nSPS) is 16.3. The summed E-state index contributed by atoms with van der Waals surface area (Å²) in [6.07, 6.45) is 5.56. The molecule has 214 valence electrons. The van der Waals surface area contributed by atoms with Crippen molar-refractivity contribution in [2.45, 2.75) is 32.0 Å². The van der Waals surface area contributed by atoms with E-state index in [9.17, 15) is 9.59 Å². The van der Waals surface area contributed by atoms with Crippen molar-refractivity contribution in [2.75, 3.05) is 42.7 Å². The van der Waals surface area contributed by atoms with E-state index >= 15 is 0 Å². The number of pyridine rings is 1. The predicted octanol–water partition coefficient (Wildman–Crippen LogP) is 3.19. The van der Waals surface area contributed by atoms with Gasteiger partial charge in [-0.05, 0) is 31.0 Å². The predicted molar refractivity (Wildman–Crippen MR) is 158 cm³/mol. The van der Waals surface area contributed by atoms with Crippen molar-refractivity contribution in [3.05, 3.63) is 71.9 Å². The number of aromatic nitrogens is 5. The zero-order valence-electron chi connectivity index (χ0n) is 23.5. The number of hydrogen-bond acceptors (Lipinski definition) is 9. The largest absolute Gasteiger partial charge is 0.366 e. The van der Waals surface area contributed by atoms with E-state index in [0.29, 0.717) is 24.1 Å². The summed E-state index contributed by atoms with van der Waals surface area (Å²) >= 11 is 0. The summed E-state index contributed by atoms with van der Waals surface area (Å²) < 4.78 is 2.18. The molecule has 2 amide bonds. The van der Waals surface area contributed by atoms with Crippen LogP contribution in [0.2, 0.25) is 0 Å². The Hall–Kier alpha value is -4.84. The summed E-state index contributed by atoms with van der Waals surface area (Å²) in [5.41, 5.74) is 6.85. The lowest BCUT2D eigenvalue weighted by Gasteiger charge is -2.40. The van der Waals surface area contributed by atoms with E-state index in [1.54, 1.807) is 13.1 Å². The average molecular weight is 565 g/mol. The van der Waals surface area contributed by atoms with Gasteiger partial charge in [0.25, 0.3) is 5.91 Å². The monoisotopic (exact) mass is 564 g/mol. The Balaban J connectivity index is 1.15. The van der Waals surface area contributed by atoms with Crippen LogP contribution in [0.4, 0.5) is 22.9 Å². The first kappa shape index (κ1) is 26.1. The van der Waals surface area contributed by atoms with Gasteiger partial charge in [0.15, 0.2) is 11.5 Å². The van der Waals surface area contributed by atoms with E-state index in [0.717, 1.165) is 60.7 Å². The standard InChI is InChI=1S/C30H32N10O2/c1-31-30(42)27-24(12-26(36-37-27)35-29(41)18-9-10-18)34-23-8-5-7-21-22-13-33-40(25(22)17-38(2)28(21)23)20-15-39(16-20)14-19-6-3-4-11-32-19/h3-8,11-13,18,20H,9-10,14-17H2,1-2H3,(H,31,42)(H2,34,35,36,41). The molecule has 0 radical (unpaired) electrons. The number of likely N-dealkylation sites (tertiary alicyclic amines) is 1. The first-order valence-electron chi connectivity index (χ1n) is 14.2. The fourth-order valence-corrected chi connectivity index (χ4v) is 5.76. The molecule has 12 heteroatoms. The minimum atomic E-state index is -0.371. The van der Waals surface area contributed by atoms with Crippen LogP contribution in [0.3, 0.4) is 0 Å². The number of hydrogen-bond donors (Lipinski definition) is 3. The smallest absolute Gasteiger partial charge is 0.273 e. The van der Waals surface area contributed by atoms with E-state index in [-0.39, 0.29) is 23.4 Å². The molecule has 5 heterocycles. The van der Waals surface area contributed by atoms with Gasteiger partial charge in [-0.15, -0.1) is 10.2 Å². The van der Waals surface area contributed by atoms with Crippen molar-refractivity contribution >= 4 is 34.7 Å². The highest BCUT2D eigenvalue weighted by Gasteiger charge is 2.34. The van der Waals surface area contributed by atoms with Crippen molar-refractivity contribution in [3.63, 3.8) is 0 Å². The topological polar surface area (TPSA) is 133 Å². The van der Waals surface area contributed by atoms with Crippen molar-refractivity contribution in [1.29, 1.82) is 0 Å². The molecule has 3 aliphatic rings. The number of amides is 2. The van der Waals surface area contributed by atoms with Crippen LogP contribution in [0, 0.1) is 5.92 Å². The first-order valence-corrected chi connectivity index (χ1v) is 14.2. The van der Waals surface area contributed by atoms with E-state index in [2.05, 4.69) is 64.8 Å². The summed E-state index contributed by atoms with van der Waals surface area (Å²) in [4.78, 5) is 34.0. The Morgan fingerprint density at radius 3 is 2.64 bits per heavy atom. The average Bonchev–Trinajstić information content (AvgIpc) is 3.76. The summed E-state index contributed by atoms with van der Waals surface area (Å²) in [5, 5.41) is 21.9. The third-order valence-electron chi connectivity index (χ3n) is 8.09. The lowest BCUT2D eigenvalue weighted by Crippen LogP contribution is -2.48. The highest BCUT2D eigenvalue weighted by molar-refractivity contribution is 6.01. The van der Waals surface area contributed by atoms with Gasteiger partial charge in [-0.1, -0.05) is 18.2 Å². The number of benzene rings is 1. The molecule has 2 aliphatic heterocycles. The van der Waals surface area contributed by atoms with Gasteiger partial charge in [-0.2, -0.15) is 5.10 Å². The van der Waals surface area contributed by atoms with Gasteiger partial charge in [0.1, 0.15) is 0 Å². The molecule has 4 aromatic rings. The summed E-state index contributed by atoms with van der Waals surface area (Å²) in [6.45, 7) is 3.39. The molecule has 42 heavy (non-hydrogen) atoms. The molecule has 1 aromatic carbocycles. The molecule has 0 unspecified atom stereocenters. The van der Waals surface area contributed by atoms with E-state index in [1.807, 2.05) is 36.7 Å². The van der Waals surface area contributed by atoms with Crippen LogP contribution in [0.1, 0.15) is 40.8 Å². The maximum absolute atomic E-state index is 12.6. The molecular weight excluding hydrogens is 532 g/mol. The number of anilines is 4. The second-order valence-electron chi connectivity index (χ2n) is 11.1. The van der Waals surface area contributed by atoms with Gasteiger partial charge < -0.3 is 20.9 Å². The number of carbonyl (C=O) groups is 2. The van der Waals surface area contributed by atoms with Crippen LogP contribution in [0.25, 0.3) is 11.1 Å². The van der Waals surface area contributed by atoms with Crippen molar-refractivity contribution in [2.24, 2.45) is 5.92 Å². The lowest BCUT2D eigenvalue weighted by atomic mass is 9.97. The molecule has 3 aromatic heterocycles. The van der Waals surface area contributed by atoms with E-state index < -0.39 is 0 Å². The van der Waals surface area contributed by atoms with Crippen LogP contribution >= 0.6 is 0 Å². The van der Waals surface area contributed by atoms with Gasteiger partial charge >= 0.3 is 0 Å². The molecule has 1 aliphatic carbocycles. The van der Waals surface area contributed by atoms with Gasteiger partial charge in [0.05, 0.1) is 47.2 Å². The summed E-state index contributed by atoms with van der Waals surface area (Å²) in [5.74, 6) is -0.114. The molecule has 3 N–H and O–H groups in total. The Kier molecular flexibility index (Phi) is 6.54. The number of para-hydroxylation sites is 1. The zero-order valence-corrected chi connectivity index (χ0v) is 23.5. The molecule has 1 saturated carbocycles. The third kappa shape index (κ3) is 4.83. The van der Waals surface area contributed by atoms with Gasteiger partial charge in [0.2, 0.25) is 5.91 Å². The number of nitrogens with zero attached hydrogens (tertiary/aromatic N) is 7. The number of nitrogens with one attached hydrogen (secondary N) is 3. The minimum Gasteiger partial charge on any atom is -0.366 e. The number of carbonyl (C=O) groups excluding carboxylic acids is 2. The van der Waals surface area contributed by atoms with Crippen LogP contribution in [0.5, 0.6) is 0 Å². The molecule has 0 bridgehead atoms. The van der Waals surface area contributed by atoms with Gasteiger partial charge in [0, 0.05) is 63.0 Å². The fraction of sp³-hybridized carbons (Fsp3) is 0.333. The van der Waals surface area contributed by atoms with E-state index in [4.69, 9.17) is 5.10 Å². The summed E-state index contributed by atoms with van der Waals surface area (Å²) in [6, 6.07) is 14.1. The van der Waals surface area contributed by atoms with Crippen LogP contribution < -0.4 is 20.9 Å². The maximum Gasteiger partial charge on any atom is 0.273 e. The molecule has 0 atom stereocenters. The van der Waals surface area contributed by atoms with Gasteiger partial charge in [-0.3, -0.25) is 24.2 Å². The van der Waals surface area contributed by atoms with Crippen LogP contribution in [-0.4, -0.2) is 68.9 Å². The SMILES string of the molecule is CNC(=O)c1nnc(NC(=O)C2CC2)cc1Nc1cccc2c1N(C)Cc1c-2cnn1C1CN(Cc2ccccn2)C1. The van der Waals surface area contributed by atoms with Crippen LogP contribution in [0.15, 0.2) is 54.9 Å².